The first-order valence-corrected chi connectivity index (χ1v) is 5.86. The van der Waals surface area contributed by atoms with Crippen molar-refractivity contribution < 1.29 is 9.47 Å². The first-order chi connectivity index (χ1) is 9.17. The minimum atomic E-state index is 0.403. The lowest BCUT2D eigenvalue weighted by Crippen LogP contribution is -2.00. The minimum Gasteiger partial charge on any atom is -0.494 e. The number of fused-ring (bicyclic) bond motifs is 1. The van der Waals surface area contributed by atoms with Crippen LogP contribution in [0.25, 0.3) is 10.9 Å². The molecule has 19 heavy (non-hydrogen) atoms. The second kappa shape index (κ2) is 5.21. The largest absolute Gasteiger partial charge is 0.494 e. The van der Waals surface area contributed by atoms with Crippen LogP contribution in [0.3, 0.4) is 0 Å². The molecule has 1 N–H and O–H groups in total. The Kier molecular flexibility index (Phi) is 3.63. The molecule has 1 aromatic heterocycles. The fourth-order valence-corrected chi connectivity index (χ4v) is 2.26. The molecule has 0 spiro atoms. The van der Waals surface area contributed by atoms with Gasteiger partial charge in [0, 0.05) is 19.3 Å². The number of methoxy groups -OCH3 is 2. The molecule has 0 aliphatic rings. The summed E-state index contributed by atoms with van der Waals surface area (Å²) in [6.07, 6.45) is 1.49. The normalized spacial score (nSPS) is 10.1. The molecule has 6 heteroatoms. The number of nitrogens with zero attached hydrogens (tertiary/aromatic N) is 2. The minimum absolute atomic E-state index is 0.403. The van der Waals surface area contributed by atoms with Crippen LogP contribution in [-0.4, -0.2) is 26.3 Å². The molecule has 98 valence electrons. The lowest BCUT2D eigenvalue weighted by molar-refractivity contribution is 0.410. The highest BCUT2D eigenvalue weighted by Crippen LogP contribution is 2.42. The van der Waals surface area contributed by atoms with Crippen LogP contribution >= 0.6 is 11.6 Å². The molecular weight excluding hydrogens is 266 g/mol. The number of nitriles is 1. The number of benzene rings is 1. The molecule has 0 bridgehead atoms. The lowest BCUT2D eigenvalue weighted by atomic mass is 10.1. The Morgan fingerprint density at radius 1 is 1.37 bits per heavy atom. The van der Waals surface area contributed by atoms with Gasteiger partial charge in [-0.25, -0.2) is 0 Å². The van der Waals surface area contributed by atoms with E-state index in [-0.39, 0.29) is 0 Å². The summed E-state index contributed by atoms with van der Waals surface area (Å²) in [4.78, 5) is 4.25. The van der Waals surface area contributed by atoms with Crippen molar-refractivity contribution in [3.63, 3.8) is 0 Å². The molecule has 0 fully saturated rings. The Labute approximate surface area is 115 Å². The third-order valence-electron chi connectivity index (χ3n) is 2.81. The summed E-state index contributed by atoms with van der Waals surface area (Å²) in [5, 5.41) is 13.2. The summed E-state index contributed by atoms with van der Waals surface area (Å²) in [7, 11) is 4.78. The Hall–Kier alpha value is -2.19. The van der Waals surface area contributed by atoms with E-state index in [1.54, 1.807) is 13.1 Å². The van der Waals surface area contributed by atoms with Crippen molar-refractivity contribution in [3.05, 3.63) is 22.8 Å². The number of aromatic nitrogens is 1. The SMILES string of the molecule is CNc1c(C#N)cnc2c(OC)cc(Cl)c(OC)c12. The Morgan fingerprint density at radius 3 is 2.63 bits per heavy atom. The summed E-state index contributed by atoms with van der Waals surface area (Å²) >= 11 is 6.17. The van der Waals surface area contributed by atoms with E-state index in [0.29, 0.717) is 38.7 Å². The van der Waals surface area contributed by atoms with E-state index in [1.807, 2.05) is 0 Å². The third kappa shape index (κ3) is 2.00. The van der Waals surface area contributed by atoms with Gasteiger partial charge in [0.15, 0.2) is 0 Å². The Balaban J connectivity index is 3.01. The first kappa shape index (κ1) is 13.2. The fourth-order valence-electron chi connectivity index (χ4n) is 1.99. The molecule has 0 saturated heterocycles. The monoisotopic (exact) mass is 277 g/mol. The number of anilines is 1. The predicted octanol–water partition coefficient (Wildman–Crippen LogP) is 2.82. The van der Waals surface area contributed by atoms with Gasteiger partial charge < -0.3 is 14.8 Å². The van der Waals surface area contributed by atoms with Crippen LogP contribution in [0.5, 0.6) is 11.5 Å². The van der Waals surface area contributed by atoms with Crippen LogP contribution in [0, 0.1) is 11.3 Å². The summed E-state index contributed by atoms with van der Waals surface area (Å²) < 4.78 is 10.6. The standard InChI is InChI=1S/C13H12ClN3O2/c1-16-11-7(5-15)6-17-12-9(18-2)4-8(14)13(19-3)10(11)12/h4,6H,1-3H3,(H,16,17). The van der Waals surface area contributed by atoms with Crippen molar-refractivity contribution in [2.45, 2.75) is 0 Å². The highest BCUT2D eigenvalue weighted by Gasteiger charge is 2.18. The molecule has 0 aliphatic carbocycles. The van der Waals surface area contributed by atoms with Crippen LogP contribution < -0.4 is 14.8 Å². The number of nitrogens with one attached hydrogen (secondary N) is 1. The van der Waals surface area contributed by atoms with E-state index in [1.165, 1.54) is 20.4 Å². The van der Waals surface area contributed by atoms with Gasteiger partial charge in [-0.3, -0.25) is 4.98 Å². The molecule has 2 rings (SSSR count). The maximum Gasteiger partial charge on any atom is 0.149 e. The van der Waals surface area contributed by atoms with Crippen LogP contribution in [-0.2, 0) is 0 Å². The van der Waals surface area contributed by atoms with E-state index < -0.39 is 0 Å². The predicted molar refractivity (Wildman–Crippen MR) is 74.1 cm³/mol. The Bertz CT molecular complexity index is 680. The van der Waals surface area contributed by atoms with Crippen molar-refractivity contribution in [3.8, 4) is 17.6 Å². The topological polar surface area (TPSA) is 67.2 Å². The van der Waals surface area contributed by atoms with Crippen molar-refractivity contribution in [1.29, 1.82) is 5.26 Å². The van der Waals surface area contributed by atoms with Crippen molar-refractivity contribution >= 4 is 28.2 Å². The smallest absolute Gasteiger partial charge is 0.149 e. The van der Waals surface area contributed by atoms with Gasteiger partial charge in [-0.05, 0) is 0 Å². The van der Waals surface area contributed by atoms with Gasteiger partial charge in [-0.15, -0.1) is 0 Å². The number of pyridine rings is 1. The molecule has 0 amide bonds. The molecule has 0 aliphatic heterocycles. The van der Waals surface area contributed by atoms with Crippen LogP contribution in [0.2, 0.25) is 5.02 Å². The molecule has 1 heterocycles. The first-order valence-electron chi connectivity index (χ1n) is 5.49. The number of hydrogen-bond acceptors (Lipinski definition) is 5. The summed E-state index contributed by atoms with van der Waals surface area (Å²) in [5.41, 5.74) is 1.62. The molecule has 2 aromatic rings. The van der Waals surface area contributed by atoms with Gasteiger partial charge in [-0.1, -0.05) is 11.6 Å². The quantitative estimate of drug-likeness (QED) is 0.934. The molecule has 0 atom stereocenters. The zero-order valence-corrected chi connectivity index (χ0v) is 11.5. The average molecular weight is 278 g/mol. The highest BCUT2D eigenvalue weighted by molar-refractivity contribution is 6.34. The van der Waals surface area contributed by atoms with Crippen LogP contribution in [0.4, 0.5) is 5.69 Å². The zero-order chi connectivity index (χ0) is 14.0. The van der Waals surface area contributed by atoms with Gasteiger partial charge >= 0.3 is 0 Å². The van der Waals surface area contributed by atoms with E-state index in [9.17, 15) is 0 Å². The lowest BCUT2D eigenvalue weighted by Gasteiger charge is -2.15. The molecule has 5 nitrogen and oxygen atoms in total. The number of ether oxygens (including phenoxy) is 2. The van der Waals surface area contributed by atoms with Gasteiger partial charge in [-0.2, -0.15) is 5.26 Å². The summed E-state index contributed by atoms with van der Waals surface area (Å²) in [6.45, 7) is 0. The Morgan fingerprint density at radius 2 is 2.11 bits per heavy atom. The maximum atomic E-state index is 9.13. The molecular formula is C13H12ClN3O2. The van der Waals surface area contributed by atoms with Gasteiger partial charge in [0.2, 0.25) is 0 Å². The average Bonchev–Trinajstić information content (AvgIpc) is 2.44. The fraction of sp³-hybridized carbons (Fsp3) is 0.231. The number of hydrogen-bond donors (Lipinski definition) is 1. The highest BCUT2D eigenvalue weighted by atomic mass is 35.5. The maximum absolute atomic E-state index is 9.13. The van der Waals surface area contributed by atoms with Crippen molar-refractivity contribution in [1.82, 2.24) is 4.98 Å². The van der Waals surface area contributed by atoms with E-state index in [4.69, 9.17) is 26.3 Å². The molecule has 0 saturated carbocycles. The summed E-state index contributed by atoms with van der Waals surface area (Å²) in [6, 6.07) is 3.72. The third-order valence-corrected chi connectivity index (χ3v) is 3.09. The van der Waals surface area contributed by atoms with Crippen molar-refractivity contribution in [2.75, 3.05) is 26.6 Å². The van der Waals surface area contributed by atoms with Gasteiger partial charge in [0.1, 0.15) is 23.1 Å². The summed E-state index contributed by atoms with van der Waals surface area (Å²) in [5.74, 6) is 0.994. The number of halogens is 1. The zero-order valence-electron chi connectivity index (χ0n) is 10.7. The van der Waals surface area contributed by atoms with E-state index >= 15 is 0 Å². The van der Waals surface area contributed by atoms with E-state index in [2.05, 4.69) is 16.4 Å². The van der Waals surface area contributed by atoms with Gasteiger partial charge in [0.25, 0.3) is 0 Å². The second-order valence-corrected chi connectivity index (χ2v) is 4.13. The molecule has 1 aromatic carbocycles. The van der Waals surface area contributed by atoms with Crippen LogP contribution in [0.1, 0.15) is 5.56 Å². The van der Waals surface area contributed by atoms with E-state index in [0.717, 1.165) is 0 Å². The number of rotatable bonds is 3. The molecule has 0 radical (unpaired) electrons. The second-order valence-electron chi connectivity index (χ2n) is 3.73. The van der Waals surface area contributed by atoms with Crippen LogP contribution in [0.15, 0.2) is 12.3 Å². The van der Waals surface area contributed by atoms with Crippen molar-refractivity contribution in [2.24, 2.45) is 0 Å². The van der Waals surface area contributed by atoms with Gasteiger partial charge in [0.05, 0.1) is 35.9 Å². The molecule has 0 unspecified atom stereocenters.